The zero-order valence-corrected chi connectivity index (χ0v) is 11.4. The molecule has 0 radical (unpaired) electrons. The van der Waals surface area contributed by atoms with Gasteiger partial charge in [-0.2, -0.15) is 0 Å². The van der Waals surface area contributed by atoms with Gasteiger partial charge in [-0.1, -0.05) is 6.92 Å². The van der Waals surface area contributed by atoms with E-state index in [4.69, 9.17) is 4.74 Å². The minimum Gasteiger partial charge on any atom is -0.380 e. The van der Waals surface area contributed by atoms with Crippen LogP contribution in [0.1, 0.15) is 33.6 Å². The second kappa shape index (κ2) is 6.97. The fraction of sp³-hybridized carbons (Fsp3) is 0.923. The molecule has 0 spiro atoms. The maximum atomic E-state index is 12.6. The van der Waals surface area contributed by atoms with Crippen LogP contribution in [0.5, 0.6) is 0 Å². The smallest absolute Gasteiger partial charge is 0.230 e. The molecule has 1 N–H and O–H groups in total. The molecule has 1 rings (SSSR count). The van der Waals surface area contributed by atoms with Gasteiger partial charge in [0.1, 0.15) is 0 Å². The van der Waals surface area contributed by atoms with Crippen molar-refractivity contribution in [1.29, 1.82) is 0 Å². The van der Waals surface area contributed by atoms with E-state index in [9.17, 15) is 4.79 Å². The summed E-state index contributed by atoms with van der Waals surface area (Å²) >= 11 is 0. The van der Waals surface area contributed by atoms with Gasteiger partial charge < -0.3 is 15.0 Å². The van der Waals surface area contributed by atoms with Gasteiger partial charge in [-0.3, -0.25) is 4.79 Å². The van der Waals surface area contributed by atoms with Crippen molar-refractivity contribution in [2.45, 2.75) is 33.6 Å². The van der Waals surface area contributed by atoms with Crippen molar-refractivity contribution in [3.05, 3.63) is 0 Å². The molecule has 0 aromatic rings. The minimum atomic E-state index is -0.164. The second-order valence-corrected chi connectivity index (χ2v) is 4.64. The van der Waals surface area contributed by atoms with Crippen molar-refractivity contribution in [3.8, 4) is 0 Å². The largest absolute Gasteiger partial charge is 0.380 e. The van der Waals surface area contributed by atoms with Crippen LogP contribution in [0.25, 0.3) is 0 Å². The third kappa shape index (κ3) is 3.42. The van der Waals surface area contributed by atoms with Crippen LogP contribution >= 0.6 is 0 Å². The lowest BCUT2D eigenvalue weighted by molar-refractivity contribution is -0.142. The molecule has 0 bridgehead atoms. The lowest BCUT2D eigenvalue weighted by atomic mass is 9.82. The summed E-state index contributed by atoms with van der Waals surface area (Å²) in [7, 11) is 0. The van der Waals surface area contributed by atoms with Crippen LogP contribution in [0.15, 0.2) is 0 Å². The number of ether oxygens (including phenoxy) is 1. The molecule has 1 aliphatic heterocycles. The summed E-state index contributed by atoms with van der Waals surface area (Å²) in [6.07, 6.45) is 1.89. The Kier molecular flexibility index (Phi) is 5.92. The summed E-state index contributed by atoms with van der Waals surface area (Å²) in [5.41, 5.74) is -0.164. The van der Waals surface area contributed by atoms with Crippen molar-refractivity contribution in [2.24, 2.45) is 5.41 Å². The number of amides is 1. The Morgan fingerprint density at radius 1 is 1.41 bits per heavy atom. The van der Waals surface area contributed by atoms with Gasteiger partial charge >= 0.3 is 0 Å². The number of hydrogen-bond acceptors (Lipinski definition) is 3. The van der Waals surface area contributed by atoms with Gasteiger partial charge in [-0.05, 0) is 33.2 Å². The highest BCUT2D eigenvalue weighted by molar-refractivity contribution is 5.83. The van der Waals surface area contributed by atoms with Crippen LogP contribution in [-0.4, -0.2) is 50.2 Å². The molecule has 0 aliphatic carbocycles. The Balaban J connectivity index is 2.57. The molecule has 1 fully saturated rings. The van der Waals surface area contributed by atoms with Gasteiger partial charge in [0.05, 0.1) is 12.0 Å². The molecular weight excluding hydrogens is 216 g/mol. The molecule has 100 valence electrons. The topological polar surface area (TPSA) is 41.6 Å². The van der Waals surface area contributed by atoms with Crippen molar-refractivity contribution < 1.29 is 9.53 Å². The molecule has 4 nitrogen and oxygen atoms in total. The first kappa shape index (κ1) is 14.5. The van der Waals surface area contributed by atoms with Gasteiger partial charge in [0.25, 0.3) is 0 Å². The van der Waals surface area contributed by atoms with Crippen molar-refractivity contribution >= 4 is 5.91 Å². The van der Waals surface area contributed by atoms with Crippen molar-refractivity contribution in [3.63, 3.8) is 0 Å². The average molecular weight is 242 g/mol. The third-order valence-corrected chi connectivity index (χ3v) is 3.75. The third-order valence-electron chi connectivity index (χ3n) is 3.75. The van der Waals surface area contributed by atoms with Crippen LogP contribution in [0.4, 0.5) is 0 Å². The maximum Gasteiger partial charge on any atom is 0.230 e. The highest BCUT2D eigenvalue weighted by Crippen LogP contribution is 2.31. The van der Waals surface area contributed by atoms with E-state index in [0.29, 0.717) is 25.7 Å². The van der Waals surface area contributed by atoms with Crippen molar-refractivity contribution in [2.75, 3.05) is 39.4 Å². The summed E-state index contributed by atoms with van der Waals surface area (Å²) in [4.78, 5) is 14.5. The summed E-state index contributed by atoms with van der Waals surface area (Å²) in [5.74, 6) is 0.298. The number of carbonyl (C=O) groups is 1. The van der Waals surface area contributed by atoms with Crippen LogP contribution in [0.2, 0.25) is 0 Å². The van der Waals surface area contributed by atoms with Gasteiger partial charge in [0.15, 0.2) is 0 Å². The Morgan fingerprint density at radius 2 is 2.18 bits per heavy atom. The zero-order chi connectivity index (χ0) is 12.7. The Bertz CT molecular complexity index is 238. The fourth-order valence-corrected chi connectivity index (χ4v) is 2.44. The van der Waals surface area contributed by atoms with E-state index in [1.807, 2.05) is 18.7 Å². The average Bonchev–Trinajstić information content (AvgIpc) is 2.84. The van der Waals surface area contributed by atoms with Gasteiger partial charge in [-0.15, -0.1) is 0 Å². The highest BCUT2D eigenvalue weighted by Gasteiger charge is 2.41. The van der Waals surface area contributed by atoms with Crippen molar-refractivity contribution in [1.82, 2.24) is 10.2 Å². The van der Waals surface area contributed by atoms with E-state index in [2.05, 4.69) is 12.2 Å². The Morgan fingerprint density at radius 3 is 2.65 bits per heavy atom. The van der Waals surface area contributed by atoms with E-state index in [1.165, 1.54) is 0 Å². The van der Waals surface area contributed by atoms with E-state index >= 15 is 0 Å². The molecule has 0 saturated carbocycles. The molecule has 1 heterocycles. The number of nitrogens with zero attached hydrogens (tertiary/aromatic N) is 1. The molecule has 17 heavy (non-hydrogen) atoms. The number of carbonyl (C=O) groups excluding carboxylic acids is 1. The molecule has 4 heteroatoms. The van der Waals surface area contributed by atoms with Gasteiger partial charge in [0.2, 0.25) is 5.91 Å². The first-order valence-electron chi connectivity index (χ1n) is 6.78. The number of rotatable bonds is 7. The fourth-order valence-electron chi connectivity index (χ4n) is 2.44. The summed E-state index contributed by atoms with van der Waals surface area (Å²) in [6.45, 7) is 10.8. The normalized spacial score (nSPS) is 23.9. The predicted octanol–water partition coefficient (Wildman–Crippen LogP) is 1.26. The molecule has 1 saturated heterocycles. The Labute approximate surface area is 105 Å². The molecule has 1 unspecified atom stereocenters. The predicted molar refractivity (Wildman–Crippen MR) is 69.0 cm³/mol. The summed E-state index contributed by atoms with van der Waals surface area (Å²) in [5, 5.41) is 3.31. The van der Waals surface area contributed by atoms with Crippen LogP contribution < -0.4 is 5.32 Å². The molecule has 1 amide bonds. The highest BCUT2D eigenvalue weighted by atomic mass is 16.5. The molecule has 0 aromatic heterocycles. The lowest BCUT2D eigenvalue weighted by Crippen LogP contribution is -2.46. The second-order valence-electron chi connectivity index (χ2n) is 4.64. The summed E-state index contributed by atoms with van der Waals surface area (Å²) in [6, 6.07) is 0. The van der Waals surface area contributed by atoms with E-state index in [-0.39, 0.29) is 5.41 Å². The van der Waals surface area contributed by atoms with Gasteiger partial charge in [-0.25, -0.2) is 0 Å². The van der Waals surface area contributed by atoms with Crippen LogP contribution in [-0.2, 0) is 9.53 Å². The quantitative estimate of drug-likeness (QED) is 0.683. The lowest BCUT2D eigenvalue weighted by Gasteiger charge is -2.32. The molecular formula is C13H26N2O2. The monoisotopic (exact) mass is 242 g/mol. The number of hydrogen-bond donors (Lipinski definition) is 1. The standard InChI is InChI=1S/C13H26N2O2/c1-4-13(7-8-14-11-13)12(16)15(5-2)9-10-17-6-3/h14H,4-11H2,1-3H3. The minimum absolute atomic E-state index is 0.164. The maximum absolute atomic E-state index is 12.6. The molecule has 1 aliphatic rings. The van der Waals surface area contributed by atoms with Crippen LogP contribution in [0.3, 0.4) is 0 Å². The zero-order valence-electron chi connectivity index (χ0n) is 11.4. The van der Waals surface area contributed by atoms with Gasteiger partial charge in [0, 0.05) is 26.2 Å². The molecule has 0 aromatic carbocycles. The number of nitrogens with one attached hydrogen (secondary N) is 1. The van der Waals surface area contributed by atoms with E-state index in [1.54, 1.807) is 0 Å². The van der Waals surface area contributed by atoms with E-state index in [0.717, 1.165) is 32.5 Å². The number of likely N-dealkylation sites (N-methyl/N-ethyl adjacent to an activating group) is 1. The Hall–Kier alpha value is -0.610. The SMILES string of the molecule is CCOCCN(CC)C(=O)C1(CC)CCNC1. The van der Waals surface area contributed by atoms with E-state index < -0.39 is 0 Å². The summed E-state index contributed by atoms with van der Waals surface area (Å²) < 4.78 is 5.34. The first-order valence-corrected chi connectivity index (χ1v) is 6.78. The first-order chi connectivity index (χ1) is 8.20. The molecule has 1 atom stereocenters. The van der Waals surface area contributed by atoms with Crippen LogP contribution in [0, 0.1) is 5.41 Å².